The number of rotatable bonds is 16. The van der Waals surface area contributed by atoms with E-state index in [2.05, 4.69) is 0 Å². The van der Waals surface area contributed by atoms with Crippen molar-refractivity contribution < 1.29 is 34.0 Å². The Morgan fingerprint density at radius 1 is 0.694 bits per heavy atom. The van der Waals surface area contributed by atoms with Gasteiger partial charge in [0.05, 0.1) is 12.5 Å². The lowest BCUT2D eigenvalue weighted by Crippen LogP contribution is -2.52. The van der Waals surface area contributed by atoms with Crippen molar-refractivity contribution in [3.63, 3.8) is 0 Å². The average Bonchev–Trinajstić information content (AvgIpc) is 2.85. The van der Waals surface area contributed by atoms with Crippen LogP contribution < -0.4 is 9.47 Å². The van der Waals surface area contributed by atoms with E-state index >= 15 is 0 Å². The Balaban J connectivity index is 1.90. The third-order valence-corrected chi connectivity index (χ3v) is 5.33. The zero-order chi connectivity index (χ0) is 26.4. The zero-order valence-electron chi connectivity index (χ0n) is 21.6. The molecule has 0 heterocycles. The first-order valence-corrected chi connectivity index (χ1v) is 12.1. The highest BCUT2D eigenvalue weighted by Gasteiger charge is 2.42. The fourth-order valence-corrected chi connectivity index (χ4v) is 3.69. The molecule has 0 aliphatic carbocycles. The summed E-state index contributed by atoms with van der Waals surface area (Å²) < 4.78 is 21.6. The van der Waals surface area contributed by atoms with Crippen molar-refractivity contribution in [1.29, 1.82) is 0 Å². The second-order valence-electron chi connectivity index (χ2n) is 8.90. The van der Waals surface area contributed by atoms with Crippen molar-refractivity contribution in [2.75, 3.05) is 26.4 Å². The lowest BCUT2D eigenvalue weighted by atomic mass is 9.80. The van der Waals surface area contributed by atoms with Gasteiger partial charge in [0.2, 0.25) is 0 Å². The molecule has 2 aromatic rings. The summed E-state index contributed by atoms with van der Waals surface area (Å²) in [6.45, 7) is 8.28. The third-order valence-electron chi connectivity index (χ3n) is 5.33. The molecule has 7 nitrogen and oxygen atoms in total. The highest BCUT2D eigenvalue weighted by molar-refractivity contribution is 5.94. The van der Waals surface area contributed by atoms with Gasteiger partial charge in [-0.25, -0.2) is 0 Å². The van der Waals surface area contributed by atoms with Crippen LogP contribution in [0.5, 0.6) is 11.5 Å². The van der Waals surface area contributed by atoms with E-state index in [1.165, 1.54) is 13.8 Å². The molecule has 0 aromatic heterocycles. The third kappa shape index (κ3) is 9.76. The van der Waals surface area contributed by atoms with E-state index in [0.29, 0.717) is 37.9 Å². The van der Waals surface area contributed by atoms with Gasteiger partial charge in [-0.1, -0.05) is 36.4 Å². The van der Waals surface area contributed by atoms with E-state index in [1.807, 2.05) is 13.8 Å². The number of benzene rings is 2. The van der Waals surface area contributed by atoms with Crippen LogP contribution in [0.2, 0.25) is 0 Å². The molecule has 2 atom stereocenters. The van der Waals surface area contributed by atoms with Gasteiger partial charge in [0.1, 0.15) is 49.1 Å². The monoisotopic (exact) mass is 498 g/mol. The fraction of sp³-hybridized carbons (Fsp3) is 0.414. The van der Waals surface area contributed by atoms with Crippen LogP contribution >= 0.6 is 0 Å². The summed E-state index contributed by atoms with van der Waals surface area (Å²) >= 11 is 0. The van der Waals surface area contributed by atoms with Gasteiger partial charge in [0, 0.05) is 12.8 Å². The summed E-state index contributed by atoms with van der Waals surface area (Å²) in [6.07, 6.45) is 6.94. The molecule has 0 saturated carbocycles. The van der Waals surface area contributed by atoms with E-state index in [4.69, 9.17) is 18.9 Å². The molecule has 36 heavy (non-hydrogen) atoms. The van der Waals surface area contributed by atoms with Gasteiger partial charge in [0.15, 0.2) is 5.78 Å². The second-order valence-corrected chi connectivity index (χ2v) is 8.90. The SMILES string of the molecule is CC=COCCOc1ccc(CC(C)(O)C(=O)C(C)(O)Cc2ccc(OCCOC=CC)cc2)cc1. The van der Waals surface area contributed by atoms with Crippen molar-refractivity contribution in [2.45, 2.75) is 51.7 Å². The Kier molecular flexibility index (Phi) is 11.5. The topological polar surface area (TPSA) is 94.5 Å². The molecular weight excluding hydrogens is 460 g/mol. The molecule has 0 aliphatic heterocycles. The lowest BCUT2D eigenvalue weighted by Gasteiger charge is -2.31. The number of Topliss-reactive ketones (excluding diaryl/α,β-unsaturated/α-hetero) is 1. The summed E-state index contributed by atoms with van der Waals surface area (Å²) in [4.78, 5) is 13.1. The van der Waals surface area contributed by atoms with E-state index in [1.54, 1.807) is 73.2 Å². The molecule has 7 heteroatoms. The number of carbonyl (C=O) groups is 1. The van der Waals surface area contributed by atoms with Gasteiger partial charge < -0.3 is 29.2 Å². The lowest BCUT2D eigenvalue weighted by molar-refractivity contribution is -0.153. The Bertz CT molecular complexity index is 894. The maximum atomic E-state index is 13.1. The van der Waals surface area contributed by atoms with Crippen LogP contribution in [-0.2, 0) is 27.1 Å². The first kappa shape index (κ1) is 28.9. The van der Waals surface area contributed by atoms with Crippen molar-refractivity contribution in [2.24, 2.45) is 0 Å². The van der Waals surface area contributed by atoms with E-state index in [0.717, 1.165) is 11.1 Å². The van der Waals surface area contributed by atoms with Gasteiger partial charge in [0.25, 0.3) is 0 Å². The number of allylic oxidation sites excluding steroid dienone is 2. The second kappa shape index (κ2) is 14.3. The maximum absolute atomic E-state index is 13.1. The summed E-state index contributed by atoms with van der Waals surface area (Å²) in [5.74, 6) is 0.690. The molecule has 0 bridgehead atoms. The predicted octanol–water partition coefficient (Wildman–Crippen LogP) is 4.40. The van der Waals surface area contributed by atoms with Gasteiger partial charge in [-0.15, -0.1) is 0 Å². The van der Waals surface area contributed by atoms with Crippen LogP contribution in [0, 0.1) is 0 Å². The van der Waals surface area contributed by atoms with Crippen LogP contribution in [0.15, 0.2) is 73.2 Å². The van der Waals surface area contributed by atoms with Gasteiger partial charge in [-0.2, -0.15) is 0 Å². The minimum atomic E-state index is -1.75. The number of carbonyl (C=O) groups excluding carboxylic acids is 1. The minimum absolute atomic E-state index is 0.0642. The number of aliphatic hydroxyl groups is 2. The quantitative estimate of drug-likeness (QED) is 0.262. The number of ether oxygens (including phenoxy) is 4. The number of hydrogen-bond acceptors (Lipinski definition) is 7. The smallest absolute Gasteiger partial charge is 0.195 e. The number of hydrogen-bond donors (Lipinski definition) is 2. The van der Waals surface area contributed by atoms with Crippen molar-refractivity contribution >= 4 is 5.78 Å². The Hall–Kier alpha value is -3.29. The normalized spacial score (nSPS) is 14.8. The molecule has 0 amide bonds. The largest absolute Gasteiger partial charge is 0.498 e. The first-order chi connectivity index (χ1) is 17.2. The number of ketones is 1. The zero-order valence-corrected chi connectivity index (χ0v) is 21.6. The highest BCUT2D eigenvalue weighted by atomic mass is 16.5. The molecule has 2 aromatic carbocycles. The van der Waals surface area contributed by atoms with Crippen molar-refractivity contribution in [3.05, 3.63) is 84.3 Å². The molecule has 0 saturated heterocycles. The molecule has 2 unspecified atom stereocenters. The Morgan fingerprint density at radius 2 is 1.06 bits per heavy atom. The summed E-state index contributed by atoms with van der Waals surface area (Å²) in [5, 5.41) is 21.9. The van der Waals surface area contributed by atoms with Gasteiger partial charge in [-0.3, -0.25) is 4.79 Å². The first-order valence-electron chi connectivity index (χ1n) is 12.1. The van der Waals surface area contributed by atoms with Crippen molar-refractivity contribution in [1.82, 2.24) is 0 Å². The van der Waals surface area contributed by atoms with E-state index < -0.39 is 17.0 Å². The summed E-state index contributed by atoms with van der Waals surface area (Å²) in [7, 11) is 0. The van der Waals surface area contributed by atoms with Crippen LogP contribution in [0.25, 0.3) is 0 Å². The molecule has 0 radical (unpaired) electrons. The van der Waals surface area contributed by atoms with E-state index in [9.17, 15) is 15.0 Å². The summed E-state index contributed by atoms with van der Waals surface area (Å²) in [6, 6.07) is 14.3. The van der Waals surface area contributed by atoms with Gasteiger partial charge >= 0.3 is 0 Å². The molecule has 2 N–H and O–H groups in total. The minimum Gasteiger partial charge on any atom is -0.498 e. The van der Waals surface area contributed by atoms with E-state index in [-0.39, 0.29) is 12.8 Å². The molecule has 196 valence electrons. The standard InChI is InChI=1S/C29H38O7/c1-5-15-33-17-19-35-25-11-7-23(8-12-25)21-28(3,31)27(30)29(4,32)22-24-9-13-26(14-10-24)36-20-18-34-16-6-2/h5-16,31-32H,17-22H2,1-4H3. The summed E-state index contributed by atoms with van der Waals surface area (Å²) in [5.41, 5.74) is -1.99. The van der Waals surface area contributed by atoms with Gasteiger partial charge in [-0.05, 0) is 63.1 Å². The Labute approximate surface area is 214 Å². The highest BCUT2D eigenvalue weighted by Crippen LogP contribution is 2.26. The van der Waals surface area contributed by atoms with Crippen LogP contribution in [-0.4, -0.2) is 53.6 Å². The predicted molar refractivity (Wildman–Crippen MR) is 139 cm³/mol. The fourth-order valence-electron chi connectivity index (χ4n) is 3.69. The average molecular weight is 499 g/mol. The van der Waals surface area contributed by atoms with Crippen molar-refractivity contribution in [3.8, 4) is 11.5 Å². The molecule has 0 fully saturated rings. The molecule has 2 rings (SSSR count). The van der Waals surface area contributed by atoms with Crippen LogP contribution in [0.3, 0.4) is 0 Å². The van der Waals surface area contributed by atoms with Crippen LogP contribution in [0.4, 0.5) is 0 Å². The maximum Gasteiger partial charge on any atom is 0.195 e. The van der Waals surface area contributed by atoms with Crippen LogP contribution in [0.1, 0.15) is 38.8 Å². The Morgan fingerprint density at radius 3 is 1.39 bits per heavy atom. The molecule has 0 spiro atoms. The molecular formula is C29H38O7. The molecule has 0 aliphatic rings.